The van der Waals surface area contributed by atoms with Crippen molar-refractivity contribution in [3.63, 3.8) is 0 Å². The first kappa shape index (κ1) is 13.6. The van der Waals surface area contributed by atoms with Crippen molar-refractivity contribution in [1.82, 2.24) is 5.32 Å². The molecule has 3 heteroatoms. The molecule has 0 aromatic heterocycles. The first-order valence-electron chi connectivity index (χ1n) is 6.74. The van der Waals surface area contributed by atoms with Crippen molar-refractivity contribution in [3.8, 4) is 11.8 Å². The smallest absolute Gasteiger partial charge is 0.220 e. The third-order valence-electron chi connectivity index (χ3n) is 3.49. The molecule has 100 valence electrons. The Morgan fingerprint density at radius 2 is 2.16 bits per heavy atom. The van der Waals surface area contributed by atoms with Gasteiger partial charge in [0.15, 0.2) is 0 Å². The summed E-state index contributed by atoms with van der Waals surface area (Å²) in [5.41, 5.74) is 1.85. The largest absolute Gasteiger partial charge is 0.384 e. The molecule has 0 radical (unpaired) electrons. The predicted molar refractivity (Wildman–Crippen MR) is 74.2 cm³/mol. The molecule has 0 heterocycles. The van der Waals surface area contributed by atoms with Crippen LogP contribution in [0.4, 0.5) is 0 Å². The molecule has 3 nitrogen and oxygen atoms in total. The lowest BCUT2D eigenvalue weighted by molar-refractivity contribution is -0.122. The van der Waals surface area contributed by atoms with Gasteiger partial charge in [0, 0.05) is 18.5 Å². The Morgan fingerprint density at radius 3 is 2.84 bits per heavy atom. The second kappa shape index (κ2) is 6.96. The Kier molecular flexibility index (Phi) is 5.00. The van der Waals surface area contributed by atoms with E-state index in [4.69, 9.17) is 5.11 Å². The van der Waals surface area contributed by atoms with Gasteiger partial charge in [0.2, 0.25) is 5.91 Å². The number of amides is 1. The van der Waals surface area contributed by atoms with Crippen molar-refractivity contribution in [2.75, 3.05) is 6.61 Å². The van der Waals surface area contributed by atoms with E-state index in [-0.39, 0.29) is 12.5 Å². The van der Waals surface area contributed by atoms with Gasteiger partial charge in [0.25, 0.3) is 0 Å². The Labute approximate surface area is 114 Å². The first-order valence-corrected chi connectivity index (χ1v) is 6.74. The van der Waals surface area contributed by atoms with Gasteiger partial charge in [-0.05, 0) is 30.4 Å². The molecule has 1 aliphatic carbocycles. The maximum Gasteiger partial charge on any atom is 0.220 e. The second-order valence-electron chi connectivity index (χ2n) is 4.89. The van der Waals surface area contributed by atoms with Gasteiger partial charge < -0.3 is 10.4 Å². The van der Waals surface area contributed by atoms with Gasteiger partial charge in [-0.15, -0.1) is 0 Å². The van der Waals surface area contributed by atoms with Crippen molar-refractivity contribution in [3.05, 3.63) is 35.4 Å². The van der Waals surface area contributed by atoms with Gasteiger partial charge in [-0.2, -0.15) is 0 Å². The van der Waals surface area contributed by atoms with Crippen molar-refractivity contribution in [2.24, 2.45) is 5.92 Å². The minimum absolute atomic E-state index is 0.120. The number of benzene rings is 1. The highest BCUT2D eigenvalue weighted by Crippen LogP contribution is 2.29. The Balaban J connectivity index is 1.89. The van der Waals surface area contributed by atoms with Crippen LogP contribution in [0.3, 0.4) is 0 Å². The summed E-state index contributed by atoms with van der Waals surface area (Å²) in [6.45, 7) is 0.351. The van der Waals surface area contributed by atoms with E-state index in [2.05, 4.69) is 17.2 Å². The van der Waals surface area contributed by atoms with Crippen molar-refractivity contribution >= 4 is 5.91 Å². The lowest BCUT2D eigenvalue weighted by Gasteiger charge is -2.24. The third kappa shape index (κ3) is 4.11. The first-order chi connectivity index (χ1) is 9.29. The van der Waals surface area contributed by atoms with Gasteiger partial charge in [-0.1, -0.05) is 36.5 Å². The van der Waals surface area contributed by atoms with Crippen molar-refractivity contribution < 1.29 is 9.90 Å². The molecule has 2 rings (SSSR count). The molecule has 1 aromatic rings. The molecule has 0 saturated heterocycles. The van der Waals surface area contributed by atoms with Crippen molar-refractivity contribution in [2.45, 2.75) is 32.2 Å². The lowest BCUT2D eigenvalue weighted by Crippen LogP contribution is -2.27. The van der Waals surface area contributed by atoms with Gasteiger partial charge >= 0.3 is 0 Å². The molecule has 1 aliphatic rings. The minimum atomic E-state index is -0.150. The number of aliphatic hydroxyl groups is 1. The number of carbonyl (C=O) groups is 1. The number of hydrogen-bond acceptors (Lipinski definition) is 2. The maximum absolute atomic E-state index is 11.8. The number of carbonyl (C=O) groups excluding carboxylic acids is 1. The molecule has 0 atom stereocenters. The third-order valence-corrected chi connectivity index (χ3v) is 3.49. The van der Waals surface area contributed by atoms with E-state index in [1.165, 1.54) is 19.3 Å². The van der Waals surface area contributed by atoms with Crippen LogP contribution in [0.2, 0.25) is 0 Å². The van der Waals surface area contributed by atoms with Gasteiger partial charge in [0.05, 0.1) is 0 Å². The number of aliphatic hydroxyl groups excluding tert-OH is 1. The van der Waals surface area contributed by atoms with Crippen LogP contribution >= 0.6 is 0 Å². The highest BCUT2D eigenvalue weighted by atomic mass is 16.2. The van der Waals surface area contributed by atoms with Crippen LogP contribution < -0.4 is 5.32 Å². The zero-order chi connectivity index (χ0) is 13.5. The number of hydrogen-bond donors (Lipinski definition) is 2. The summed E-state index contributed by atoms with van der Waals surface area (Å²) in [6, 6.07) is 7.68. The summed E-state index contributed by atoms with van der Waals surface area (Å²) in [4.78, 5) is 11.8. The molecule has 0 spiro atoms. The van der Waals surface area contributed by atoms with Gasteiger partial charge in [0.1, 0.15) is 6.61 Å². The van der Waals surface area contributed by atoms with E-state index in [9.17, 15) is 4.79 Å². The maximum atomic E-state index is 11.8. The highest BCUT2D eigenvalue weighted by molar-refractivity contribution is 5.76. The van der Waals surface area contributed by atoms with Crippen molar-refractivity contribution in [1.29, 1.82) is 0 Å². The number of nitrogens with one attached hydrogen (secondary N) is 1. The standard InChI is InChI=1S/C16H19NO2/c18-10-4-9-14-7-1-2-8-15(14)12-17-16(19)11-13-5-3-6-13/h1-2,7-8,13,18H,3,5-6,10-12H2,(H,17,19). The van der Waals surface area contributed by atoms with E-state index < -0.39 is 0 Å². The lowest BCUT2D eigenvalue weighted by atomic mass is 9.83. The van der Waals surface area contributed by atoms with Crippen LogP contribution in [-0.4, -0.2) is 17.6 Å². The average Bonchev–Trinajstić information content (AvgIpc) is 2.39. The number of rotatable bonds is 4. The van der Waals surface area contributed by atoms with E-state index in [0.717, 1.165) is 11.1 Å². The van der Waals surface area contributed by atoms with Gasteiger partial charge in [-0.3, -0.25) is 4.79 Å². The van der Waals surface area contributed by atoms with Gasteiger partial charge in [-0.25, -0.2) is 0 Å². The molecular weight excluding hydrogens is 238 g/mol. The SMILES string of the molecule is O=C(CC1CCC1)NCc1ccccc1C#CCO. The summed E-state index contributed by atoms with van der Waals surface area (Å²) in [5.74, 6) is 6.24. The molecule has 1 saturated carbocycles. The fourth-order valence-electron chi connectivity index (χ4n) is 2.16. The van der Waals surface area contributed by atoms with Crippen LogP contribution in [0.5, 0.6) is 0 Å². The predicted octanol–water partition coefficient (Wildman–Crippen LogP) is 1.84. The van der Waals surface area contributed by atoms with E-state index in [1.807, 2.05) is 24.3 Å². The van der Waals surface area contributed by atoms with E-state index >= 15 is 0 Å². The van der Waals surface area contributed by atoms with Crippen LogP contribution in [-0.2, 0) is 11.3 Å². The summed E-state index contributed by atoms with van der Waals surface area (Å²) in [6.07, 6.45) is 4.28. The average molecular weight is 257 g/mol. The van der Waals surface area contributed by atoms with Crippen LogP contribution in [0.1, 0.15) is 36.8 Å². The zero-order valence-electron chi connectivity index (χ0n) is 11.0. The van der Waals surface area contributed by atoms with Crippen LogP contribution in [0, 0.1) is 17.8 Å². The summed E-state index contributed by atoms with van der Waals surface area (Å²) >= 11 is 0. The fourth-order valence-corrected chi connectivity index (χ4v) is 2.16. The molecule has 1 fully saturated rings. The summed E-state index contributed by atoms with van der Waals surface area (Å²) in [5, 5.41) is 11.7. The normalized spacial score (nSPS) is 14.2. The monoisotopic (exact) mass is 257 g/mol. The van der Waals surface area contributed by atoms with E-state index in [1.54, 1.807) is 0 Å². The molecule has 2 N–H and O–H groups in total. The van der Waals surface area contributed by atoms with Crippen LogP contribution in [0.25, 0.3) is 0 Å². The highest BCUT2D eigenvalue weighted by Gasteiger charge is 2.20. The minimum Gasteiger partial charge on any atom is -0.384 e. The van der Waals surface area contributed by atoms with E-state index in [0.29, 0.717) is 18.9 Å². The molecular formula is C16H19NO2. The second-order valence-corrected chi connectivity index (χ2v) is 4.89. The van der Waals surface area contributed by atoms with Crippen LogP contribution in [0.15, 0.2) is 24.3 Å². The quantitative estimate of drug-likeness (QED) is 0.809. The molecule has 19 heavy (non-hydrogen) atoms. The Bertz CT molecular complexity index is 495. The Hall–Kier alpha value is -1.79. The molecule has 1 amide bonds. The Morgan fingerprint density at radius 1 is 1.37 bits per heavy atom. The topological polar surface area (TPSA) is 49.3 Å². The fraction of sp³-hybridized carbons (Fsp3) is 0.438. The summed E-state index contributed by atoms with van der Waals surface area (Å²) < 4.78 is 0. The molecule has 1 aromatic carbocycles. The molecule has 0 aliphatic heterocycles. The molecule has 0 bridgehead atoms. The zero-order valence-corrected chi connectivity index (χ0v) is 11.0. The molecule has 0 unspecified atom stereocenters. The summed E-state index contributed by atoms with van der Waals surface area (Å²) in [7, 11) is 0.